The van der Waals surface area contributed by atoms with Crippen molar-refractivity contribution in [2.75, 3.05) is 0 Å². The number of hydrazine groups is 1. The first kappa shape index (κ1) is 16.6. The predicted molar refractivity (Wildman–Crippen MR) is 89.7 cm³/mol. The van der Waals surface area contributed by atoms with E-state index in [0.29, 0.717) is 10.6 Å². The number of aryl methyl sites for hydroxylation is 2. The first-order chi connectivity index (χ1) is 10.3. The standard InChI is InChI=1S/C16H14FIN2O2/c1-9-6-7-11(8-13(9)18)15(21)20(19)16(22)14-10(2)4-3-5-12(14)17/h3-8H,19H2,1-2H3. The number of imide groups is 1. The van der Waals surface area contributed by atoms with Crippen molar-refractivity contribution >= 4 is 34.4 Å². The van der Waals surface area contributed by atoms with Crippen molar-refractivity contribution < 1.29 is 14.0 Å². The van der Waals surface area contributed by atoms with Crippen LogP contribution in [-0.2, 0) is 0 Å². The number of hydrogen-bond donors (Lipinski definition) is 1. The molecule has 0 aliphatic heterocycles. The molecule has 0 spiro atoms. The van der Waals surface area contributed by atoms with Crippen LogP contribution in [0.15, 0.2) is 36.4 Å². The number of amides is 2. The number of hydrogen-bond acceptors (Lipinski definition) is 3. The zero-order valence-corrected chi connectivity index (χ0v) is 14.2. The van der Waals surface area contributed by atoms with E-state index in [4.69, 9.17) is 5.84 Å². The van der Waals surface area contributed by atoms with Gasteiger partial charge < -0.3 is 0 Å². The van der Waals surface area contributed by atoms with Gasteiger partial charge in [0.25, 0.3) is 11.8 Å². The summed E-state index contributed by atoms with van der Waals surface area (Å²) in [5, 5.41) is 0.451. The minimum atomic E-state index is -0.865. The Morgan fingerprint density at radius 1 is 1.09 bits per heavy atom. The molecule has 0 heterocycles. The Balaban J connectivity index is 2.34. The average Bonchev–Trinajstić information content (AvgIpc) is 2.48. The fourth-order valence-electron chi connectivity index (χ4n) is 1.98. The van der Waals surface area contributed by atoms with E-state index in [1.807, 2.05) is 6.92 Å². The molecule has 0 aromatic heterocycles. The van der Waals surface area contributed by atoms with E-state index in [1.54, 1.807) is 31.2 Å². The Labute approximate surface area is 141 Å². The lowest BCUT2D eigenvalue weighted by Crippen LogP contribution is -2.43. The normalized spacial score (nSPS) is 10.4. The van der Waals surface area contributed by atoms with Gasteiger partial charge in [0, 0.05) is 9.13 Å². The summed E-state index contributed by atoms with van der Waals surface area (Å²) in [6.07, 6.45) is 0. The molecule has 22 heavy (non-hydrogen) atoms. The second-order valence-electron chi connectivity index (χ2n) is 4.88. The molecule has 0 saturated carbocycles. The molecule has 114 valence electrons. The number of benzene rings is 2. The molecule has 0 saturated heterocycles. The molecule has 0 bridgehead atoms. The molecule has 0 fully saturated rings. The Morgan fingerprint density at radius 2 is 1.77 bits per heavy atom. The second-order valence-corrected chi connectivity index (χ2v) is 6.04. The number of carbonyl (C=O) groups excluding carboxylic acids is 2. The molecule has 2 aromatic rings. The van der Waals surface area contributed by atoms with E-state index < -0.39 is 17.6 Å². The monoisotopic (exact) mass is 412 g/mol. The largest absolute Gasteiger partial charge is 0.278 e. The van der Waals surface area contributed by atoms with Crippen molar-refractivity contribution in [1.29, 1.82) is 0 Å². The fraction of sp³-hybridized carbons (Fsp3) is 0.125. The zero-order valence-electron chi connectivity index (χ0n) is 12.1. The summed E-state index contributed by atoms with van der Waals surface area (Å²) in [5.41, 5.74) is 1.52. The smallest absolute Gasteiger partial charge is 0.267 e. The SMILES string of the molecule is Cc1ccc(C(=O)N(N)C(=O)c2c(C)cccc2F)cc1I. The Bertz CT molecular complexity index is 742. The van der Waals surface area contributed by atoms with Crippen LogP contribution in [0.1, 0.15) is 31.8 Å². The zero-order chi connectivity index (χ0) is 16.4. The molecular formula is C16H14FIN2O2. The van der Waals surface area contributed by atoms with Gasteiger partial charge in [-0.1, -0.05) is 18.2 Å². The fourth-order valence-corrected chi connectivity index (χ4v) is 2.50. The highest BCUT2D eigenvalue weighted by molar-refractivity contribution is 14.1. The molecule has 2 N–H and O–H groups in total. The Morgan fingerprint density at radius 3 is 2.36 bits per heavy atom. The minimum absolute atomic E-state index is 0.194. The first-order valence-corrected chi connectivity index (χ1v) is 7.55. The van der Waals surface area contributed by atoms with E-state index >= 15 is 0 Å². The summed E-state index contributed by atoms with van der Waals surface area (Å²) in [6.45, 7) is 3.49. The maximum absolute atomic E-state index is 13.8. The van der Waals surface area contributed by atoms with Gasteiger partial charge in [0.15, 0.2) is 0 Å². The minimum Gasteiger partial charge on any atom is -0.267 e. The van der Waals surface area contributed by atoms with Crippen LogP contribution in [0, 0.1) is 23.2 Å². The molecule has 0 aliphatic rings. The highest BCUT2D eigenvalue weighted by Crippen LogP contribution is 2.17. The van der Waals surface area contributed by atoms with Crippen molar-refractivity contribution in [2.24, 2.45) is 5.84 Å². The van der Waals surface area contributed by atoms with E-state index in [0.717, 1.165) is 15.2 Å². The third kappa shape index (κ3) is 3.17. The van der Waals surface area contributed by atoms with Crippen molar-refractivity contribution in [1.82, 2.24) is 5.01 Å². The third-order valence-corrected chi connectivity index (χ3v) is 4.45. The third-order valence-electron chi connectivity index (χ3n) is 3.29. The summed E-state index contributed by atoms with van der Waals surface area (Å²) in [4.78, 5) is 24.6. The highest BCUT2D eigenvalue weighted by atomic mass is 127. The summed E-state index contributed by atoms with van der Waals surface area (Å²) >= 11 is 2.09. The van der Waals surface area contributed by atoms with Crippen molar-refractivity contribution in [3.05, 3.63) is 68.0 Å². The van der Waals surface area contributed by atoms with Crippen LogP contribution in [0.2, 0.25) is 0 Å². The summed E-state index contributed by atoms with van der Waals surface area (Å²) in [6, 6.07) is 9.23. The van der Waals surface area contributed by atoms with Gasteiger partial charge in [-0.3, -0.25) is 9.59 Å². The number of rotatable bonds is 2. The molecule has 6 heteroatoms. The number of nitrogens with zero attached hydrogens (tertiary/aromatic N) is 1. The molecule has 2 aromatic carbocycles. The van der Waals surface area contributed by atoms with Crippen LogP contribution in [0.4, 0.5) is 4.39 Å². The van der Waals surface area contributed by atoms with Gasteiger partial charge in [0.2, 0.25) is 0 Å². The molecule has 2 amide bonds. The lowest BCUT2D eigenvalue weighted by molar-refractivity contribution is 0.0612. The predicted octanol–water partition coefficient (Wildman–Crippen LogP) is 3.20. The number of nitrogens with two attached hydrogens (primary N) is 1. The van der Waals surface area contributed by atoms with Crippen molar-refractivity contribution in [3.63, 3.8) is 0 Å². The second kappa shape index (κ2) is 6.53. The maximum atomic E-state index is 13.8. The maximum Gasteiger partial charge on any atom is 0.278 e. The molecule has 0 unspecified atom stereocenters. The Hall–Kier alpha value is -1.80. The van der Waals surface area contributed by atoms with Crippen LogP contribution >= 0.6 is 22.6 Å². The molecule has 0 aliphatic carbocycles. The molecule has 0 radical (unpaired) electrons. The van der Waals surface area contributed by atoms with Gasteiger partial charge >= 0.3 is 0 Å². The lowest BCUT2D eigenvalue weighted by Gasteiger charge is -2.17. The first-order valence-electron chi connectivity index (χ1n) is 6.47. The van der Waals surface area contributed by atoms with Gasteiger partial charge in [0.05, 0.1) is 5.56 Å². The Kier molecular flexibility index (Phi) is 4.92. The average molecular weight is 412 g/mol. The van der Waals surface area contributed by atoms with Crippen LogP contribution in [-0.4, -0.2) is 16.8 Å². The van der Waals surface area contributed by atoms with E-state index in [9.17, 15) is 14.0 Å². The molecule has 2 rings (SSSR count). The van der Waals surface area contributed by atoms with Crippen molar-refractivity contribution in [2.45, 2.75) is 13.8 Å². The molecule has 4 nitrogen and oxygen atoms in total. The van der Waals surface area contributed by atoms with Gasteiger partial charge in [-0.2, -0.15) is 0 Å². The van der Waals surface area contributed by atoms with Gasteiger partial charge in [-0.25, -0.2) is 15.2 Å². The van der Waals surface area contributed by atoms with Crippen LogP contribution < -0.4 is 5.84 Å². The quantitative estimate of drug-likeness (QED) is 0.271. The van der Waals surface area contributed by atoms with E-state index in [1.165, 1.54) is 6.07 Å². The van der Waals surface area contributed by atoms with E-state index in [2.05, 4.69) is 22.6 Å². The van der Waals surface area contributed by atoms with Crippen LogP contribution in [0.5, 0.6) is 0 Å². The van der Waals surface area contributed by atoms with Crippen LogP contribution in [0.3, 0.4) is 0 Å². The van der Waals surface area contributed by atoms with Crippen LogP contribution in [0.25, 0.3) is 0 Å². The van der Waals surface area contributed by atoms with Gasteiger partial charge in [-0.15, -0.1) is 0 Å². The molecular weight excluding hydrogens is 398 g/mol. The summed E-state index contributed by atoms with van der Waals surface area (Å²) in [7, 11) is 0. The number of halogens is 2. The van der Waals surface area contributed by atoms with Crippen molar-refractivity contribution in [3.8, 4) is 0 Å². The van der Waals surface area contributed by atoms with Gasteiger partial charge in [0.1, 0.15) is 5.82 Å². The highest BCUT2D eigenvalue weighted by Gasteiger charge is 2.25. The topological polar surface area (TPSA) is 63.4 Å². The molecule has 0 atom stereocenters. The summed E-state index contributed by atoms with van der Waals surface area (Å²) < 4.78 is 14.7. The summed E-state index contributed by atoms with van der Waals surface area (Å²) in [5.74, 6) is 3.37. The van der Waals surface area contributed by atoms with E-state index in [-0.39, 0.29) is 11.1 Å². The number of carbonyl (C=O) groups is 2. The van der Waals surface area contributed by atoms with Gasteiger partial charge in [-0.05, 0) is 65.8 Å². The lowest BCUT2D eigenvalue weighted by atomic mass is 10.1.